The fourth-order valence-electron chi connectivity index (χ4n) is 4.93. The molecule has 0 aliphatic carbocycles. The first-order chi connectivity index (χ1) is 16.1. The smallest absolute Gasteiger partial charge is 0.256 e. The Kier molecular flexibility index (Phi) is 6.40. The van der Waals surface area contributed by atoms with E-state index in [0.717, 1.165) is 92.2 Å². The minimum atomic E-state index is -0.0466. The van der Waals surface area contributed by atoms with Gasteiger partial charge < -0.3 is 10.2 Å². The second-order valence-corrected chi connectivity index (χ2v) is 9.28. The predicted molar refractivity (Wildman–Crippen MR) is 134 cm³/mol. The number of para-hydroxylation sites is 1. The molecule has 2 aliphatic rings. The van der Waals surface area contributed by atoms with Crippen LogP contribution in [0.15, 0.2) is 48.5 Å². The molecule has 5 rings (SSSR count). The van der Waals surface area contributed by atoms with Crippen molar-refractivity contribution in [2.45, 2.75) is 26.4 Å². The lowest BCUT2D eigenvalue weighted by Crippen LogP contribution is -2.43. The predicted octanol–water partition coefficient (Wildman–Crippen LogP) is 3.61. The quantitative estimate of drug-likeness (QED) is 0.653. The van der Waals surface area contributed by atoms with Crippen LogP contribution < -0.4 is 5.32 Å². The minimum Gasteiger partial charge on any atom is -0.322 e. The van der Waals surface area contributed by atoms with Crippen LogP contribution in [0.4, 0.5) is 5.69 Å². The van der Waals surface area contributed by atoms with Crippen LogP contribution in [0.3, 0.4) is 0 Å². The summed E-state index contributed by atoms with van der Waals surface area (Å²) >= 11 is 0. The van der Waals surface area contributed by atoms with Crippen LogP contribution in [0.25, 0.3) is 10.9 Å². The molecule has 6 nitrogen and oxygen atoms in total. The van der Waals surface area contributed by atoms with Crippen LogP contribution >= 0.6 is 0 Å². The molecule has 1 saturated heterocycles. The van der Waals surface area contributed by atoms with Gasteiger partial charge in [0.2, 0.25) is 0 Å². The minimum absolute atomic E-state index is 0.0466. The molecule has 33 heavy (non-hydrogen) atoms. The van der Waals surface area contributed by atoms with Crippen molar-refractivity contribution >= 4 is 22.5 Å². The average Bonchev–Trinajstić information content (AvgIpc) is 2.84. The van der Waals surface area contributed by atoms with Gasteiger partial charge in [0.25, 0.3) is 5.91 Å². The maximum absolute atomic E-state index is 13.6. The summed E-state index contributed by atoms with van der Waals surface area (Å²) in [6, 6.07) is 16.3. The van der Waals surface area contributed by atoms with Crippen LogP contribution in [0.1, 0.15) is 34.1 Å². The summed E-state index contributed by atoms with van der Waals surface area (Å²) in [5.74, 6) is -0.0466. The van der Waals surface area contributed by atoms with Crippen molar-refractivity contribution in [3.63, 3.8) is 0 Å². The number of hydrogen-bond acceptors (Lipinski definition) is 5. The van der Waals surface area contributed by atoms with E-state index in [9.17, 15) is 4.79 Å². The molecule has 2 aromatic carbocycles. The number of hydrogen-bond donors (Lipinski definition) is 1. The summed E-state index contributed by atoms with van der Waals surface area (Å²) in [6.07, 6.45) is 0.884. The lowest BCUT2D eigenvalue weighted by atomic mass is 9.95. The standard InChI is InChI=1S/C27H33N5O/c1-3-31-13-12-25-23(19-31)26(22-6-4-5-7-24(22)29-25)27(33)28-21-10-8-20(9-11-21)18-32-16-14-30(2)15-17-32/h4-11H,3,12-19H2,1-2H3,(H,28,33). The zero-order chi connectivity index (χ0) is 22.8. The Morgan fingerprint density at radius 2 is 1.73 bits per heavy atom. The van der Waals surface area contributed by atoms with Crippen LogP contribution in [-0.4, -0.2) is 71.9 Å². The molecule has 0 bridgehead atoms. The Morgan fingerprint density at radius 3 is 2.48 bits per heavy atom. The fraction of sp³-hybridized carbons (Fsp3) is 0.407. The van der Waals surface area contributed by atoms with Crippen molar-refractivity contribution in [2.24, 2.45) is 0 Å². The summed E-state index contributed by atoms with van der Waals surface area (Å²) < 4.78 is 0. The average molecular weight is 444 g/mol. The maximum Gasteiger partial charge on any atom is 0.256 e. The summed E-state index contributed by atoms with van der Waals surface area (Å²) in [7, 11) is 2.18. The molecule has 1 aromatic heterocycles. The number of nitrogens with one attached hydrogen (secondary N) is 1. The Bertz CT molecular complexity index is 1140. The molecule has 1 N–H and O–H groups in total. The first-order valence-electron chi connectivity index (χ1n) is 12.0. The van der Waals surface area contributed by atoms with Gasteiger partial charge in [-0.2, -0.15) is 0 Å². The number of rotatable bonds is 5. The maximum atomic E-state index is 13.6. The van der Waals surface area contributed by atoms with Gasteiger partial charge in [0.1, 0.15) is 0 Å². The molecular weight excluding hydrogens is 410 g/mol. The van der Waals surface area contributed by atoms with Crippen LogP contribution in [0.5, 0.6) is 0 Å². The summed E-state index contributed by atoms with van der Waals surface area (Å²) in [5, 5.41) is 4.09. The van der Waals surface area contributed by atoms with Crippen molar-refractivity contribution in [3.8, 4) is 0 Å². The highest BCUT2D eigenvalue weighted by atomic mass is 16.1. The van der Waals surface area contributed by atoms with Crippen LogP contribution in [-0.2, 0) is 19.5 Å². The van der Waals surface area contributed by atoms with Gasteiger partial charge >= 0.3 is 0 Å². The largest absolute Gasteiger partial charge is 0.322 e. The molecule has 2 aliphatic heterocycles. The number of aromatic nitrogens is 1. The number of anilines is 1. The Morgan fingerprint density at radius 1 is 0.970 bits per heavy atom. The number of benzene rings is 2. The van der Waals surface area contributed by atoms with E-state index >= 15 is 0 Å². The molecule has 3 aromatic rings. The van der Waals surface area contributed by atoms with Crippen LogP contribution in [0.2, 0.25) is 0 Å². The second kappa shape index (κ2) is 9.59. The van der Waals surface area contributed by atoms with E-state index in [1.807, 2.05) is 36.4 Å². The van der Waals surface area contributed by atoms with Crippen molar-refractivity contribution in [1.82, 2.24) is 19.7 Å². The zero-order valence-electron chi connectivity index (χ0n) is 19.7. The molecule has 6 heteroatoms. The Hall–Kier alpha value is -2.80. The van der Waals surface area contributed by atoms with E-state index in [2.05, 4.69) is 46.1 Å². The molecule has 0 spiro atoms. The topological polar surface area (TPSA) is 51.7 Å². The summed E-state index contributed by atoms with van der Waals surface area (Å²) in [4.78, 5) is 25.7. The Balaban J connectivity index is 1.37. The number of carbonyl (C=O) groups is 1. The third kappa shape index (κ3) is 4.78. The van der Waals surface area contributed by atoms with E-state index in [0.29, 0.717) is 0 Å². The number of fused-ring (bicyclic) bond motifs is 2. The molecule has 0 saturated carbocycles. The summed E-state index contributed by atoms with van der Waals surface area (Å²) in [6.45, 7) is 10.3. The second-order valence-electron chi connectivity index (χ2n) is 9.28. The highest BCUT2D eigenvalue weighted by molar-refractivity contribution is 6.13. The number of pyridine rings is 1. The van der Waals surface area contributed by atoms with Gasteiger partial charge in [-0.25, -0.2) is 0 Å². The van der Waals surface area contributed by atoms with Gasteiger partial charge in [0, 0.05) is 74.6 Å². The van der Waals surface area contributed by atoms with Gasteiger partial charge in [0.05, 0.1) is 11.1 Å². The van der Waals surface area contributed by atoms with E-state index in [1.165, 1.54) is 5.56 Å². The number of nitrogens with zero attached hydrogens (tertiary/aromatic N) is 4. The zero-order valence-corrected chi connectivity index (χ0v) is 19.7. The van der Waals surface area contributed by atoms with Crippen LogP contribution in [0, 0.1) is 0 Å². The molecule has 1 amide bonds. The van der Waals surface area contributed by atoms with Crippen molar-refractivity contribution in [1.29, 1.82) is 0 Å². The molecule has 0 atom stereocenters. The third-order valence-electron chi connectivity index (χ3n) is 7.01. The molecule has 172 valence electrons. The van der Waals surface area contributed by atoms with E-state index in [-0.39, 0.29) is 5.91 Å². The fourth-order valence-corrected chi connectivity index (χ4v) is 4.93. The lowest BCUT2D eigenvalue weighted by Gasteiger charge is -2.32. The molecular formula is C27H33N5O. The first kappa shape index (κ1) is 22.0. The number of carbonyl (C=O) groups excluding carboxylic acids is 1. The van der Waals surface area contributed by atoms with Gasteiger partial charge in [-0.3, -0.25) is 19.6 Å². The molecule has 3 heterocycles. The Labute approximate surface area is 196 Å². The normalized spacial score (nSPS) is 17.8. The number of piperazine rings is 1. The SMILES string of the molecule is CCN1CCc2nc3ccccc3c(C(=O)Nc3ccc(CN4CCN(C)CC4)cc3)c2C1. The van der Waals surface area contributed by atoms with E-state index in [4.69, 9.17) is 4.98 Å². The molecule has 1 fully saturated rings. The van der Waals surface area contributed by atoms with Crippen molar-refractivity contribution in [3.05, 3.63) is 70.9 Å². The summed E-state index contributed by atoms with van der Waals surface area (Å²) in [5.41, 5.74) is 5.92. The van der Waals surface area contributed by atoms with Gasteiger partial charge in [-0.05, 0) is 37.4 Å². The first-order valence-corrected chi connectivity index (χ1v) is 12.0. The highest BCUT2D eigenvalue weighted by Gasteiger charge is 2.25. The van der Waals surface area contributed by atoms with Gasteiger partial charge in [0.15, 0.2) is 0 Å². The lowest BCUT2D eigenvalue weighted by molar-refractivity contribution is 0.102. The molecule has 0 unspecified atom stereocenters. The molecule has 0 radical (unpaired) electrons. The third-order valence-corrected chi connectivity index (χ3v) is 7.01. The van der Waals surface area contributed by atoms with Crippen molar-refractivity contribution in [2.75, 3.05) is 51.6 Å². The monoisotopic (exact) mass is 443 g/mol. The van der Waals surface area contributed by atoms with Crippen molar-refractivity contribution < 1.29 is 4.79 Å². The number of amides is 1. The van der Waals surface area contributed by atoms with Gasteiger partial charge in [-0.1, -0.05) is 37.3 Å². The van der Waals surface area contributed by atoms with Gasteiger partial charge in [-0.15, -0.1) is 0 Å². The number of likely N-dealkylation sites (N-methyl/N-ethyl adjacent to an activating group) is 2. The van der Waals surface area contributed by atoms with E-state index in [1.54, 1.807) is 0 Å². The van der Waals surface area contributed by atoms with E-state index < -0.39 is 0 Å². The highest BCUT2D eigenvalue weighted by Crippen LogP contribution is 2.29.